The number of ether oxygens (including phenoxy) is 1. The molecule has 5 heteroatoms. The largest absolute Gasteiger partial charge is 0.451 e. The van der Waals surface area contributed by atoms with E-state index in [9.17, 15) is 9.59 Å². The van der Waals surface area contributed by atoms with Crippen LogP contribution in [0.2, 0.25) is 0 Å². The van der Waals surface area contributed by atoms with Crippen molar-refractivity contribution >= 4 is 11.9 Å². The van der Waals surface area contributed by atoms with Gasteiger partial charge in [-0.25, -0.2) is 9.78 Å². The van der Waals surface area contributed by atoms with Crippen LogP contribution in [0, 0.1) is 0 Å². The molecule has 1 aromatic carbocycles. The molecule has 2 aromatic rings. The van der Waals surface area contributed by atoms with Crippen LogP contribution in [0.15, 0.2) is 54.7 Å². The molecule has 108 valence electrons. The molecule has 0 spiro atoms. The number of rotatable bonds is 6. The zero-order valence-corrected chi connectivity index (χ0v) is 11.5. The van der Waals surface area contributed by atoms with Gasteiger partial charge in [-0.3, -0.25) is 4.79 Å². The van der Waals surface area contributed by atoms with E-state index in [4.69, 9.17) is 4.74 Å². The molecule has 0 aliphatic carbocycles. The summed E-state index contributed by atoms with van der Waals surface area (Å²) >= 11 is 0. The molecule has 0 radical (unpaired) electrons. The van der Waals surface area contributed by atoms with Gasteiger partial charge in [0.15, 0.2) is 6.61 Å². The Bertz CT molecular complexity index is 585. The molecular weight excluding hydrogens is 268 g/mol. The SMILES string of the molecule is O=C(COC(=O)c1ccccn1)NCCc1ccccc1. The van der Waals surface area contributed by atoms with Crippen molar-refractivity contribution in [2.45, 2.75) is 6.42 Å². The Balaban J connectivity index is 1.67. The Morgan fingerprint density at radius 1 is 1.05 bits per heavy atom. The highest BCUT2D eigenvalue weighted by atomic mass is 16.5. The van der Waals surface area contributed by atoms with Crippen LogP contribution in [-0.2, 0) is 16.0 Å². The minimum atomic E-state index is -0.603. The highest BCUT2D eigenvalue weighted by Gasteiger charge is 2.10. The first kappa shape index (κ1) is 14.7. The number of benzene rings is 1. The fourth-order valence-electron chi connectivity index (χ4n) is 1.73. The molecule has 1 heterocycles. The van der Waals surface area contributed by atoms with E-state index in [1.807, 2.05) is 30.3 Å². The van der Waals surface area contributed by atoms with Crippen LogP contribution in [-0.4, -0.2) is 30.0 Å². The Morgan fingerprint density at radius 2 is 1.81 bits per heavy atom. The second kappa shape index (κ2) is 7.79. The van der Waals surface area contributed by atoms with Gasteiger partial charge in [0.1, 0.15) is 5.69 Å². The van der Waals surface area contributed by atoms with Crippen LogP contribution >= 0.6 is 0 Å². The molecule has 2 rings (SSSR count). The minimum absolute atomic E-state index is 0.189. The summed E-state index contributed by atoms with van der Waals surface area (Å²) in [6, 6.07) is 14.8. The number of hydrogen-bond acceptors (Lipinski definition) is 4. The van der Waals surface area contributed by atoms with Gasteiger partial charge in [-0.15, -0.1) is 0 Å². The highest BCUT2D eigenvalue weighted by Crippen LogP contribution is 1.98. The lowest BCUT2D eigenvalue weighted by atomic mass is 10.1. The standard InChI is InChI=1S/C16H16N2O3/c19-15(18-11-9-13-6-2-1-3-7-13)12-21-16(20)14-8-4-5-10-17-14/h1-8,10H,9,11-12H2,(H,18,19). The zero-order chi connectivity index (χ0) is 14.9. The number of pyridine rings is 1. The molecule has 1 aromatic heterocycles. The molecule has 0 fully saturated rings. The molecule has 0 unspecified atom stereocenters. The number of amides is 1. The van der Waals surface area contributed by atoms with Crippen LogP contribution in [0.3, 0.4) is 0 Å². The Hall–Kier alpha value is -2.69. The number of esters is 1. The number of aromatic nitrogens is 1. The molecular formula is C16H16N2O3. The summed E-state index contributed by atoms with van der Waals surface area (Å²) in [4.78, 5) is 27.0. The lowest BCUT2D eigenvalue weighted by Crippen LogP contribution is -2.30. The van der Waals surface area contributed by atoms with E-state index in [1.54, 1.807) is 12.1 Å². The number of carbonyl (C=O) groups is 2. The van der Waals surface area contributed by atoms with Crippen molar-refractivity contribution in [3.05, 3.63) is 66.0 Å². The van der Waals surface area contributed by atoms with Crippen LogP contribution < -0.4 is 5.32 Å². The summed E-state index contributed by atoms with van der Waals surface area (Å²) in [6.07, 6.45) is 2.23. The van der Waals surface area contributed by atoms with Crippen molar-refractivity contribution in [1.82, 2.24) is 10.3 Å². The van der Waals surface area contributed by atoms with Gasteiger partial charge in [0.2, 0.25) is 0 Å². The van der Waals surface area contributed by atoms with Crippen molar-refractivity contribution in [3.8, 4) is 0 Å². The number of hydrogen-bond donors (Lipinski definition) is 1. The fourth-order valence-corrected chi connectivity index (χ4v) is 1.73. The van der Waals surface area contributed by atoms with Gasteiger partial charge in [-0.2, -0.15) is 0 Å². The molecule has 0 atom stereocenters. The van der Waals surface area contributed by atoms with Gasteiger partial charge in [0.05, 0.1) is 0 Å². The zero-order valence-electron chi connectivity index (χ0n) is 11.5. The van der Waals surface area contributed by atoms with Gasteiger partial charge >= 0.3 is 5.97 Å². The maximum absolute atomic E-state index is 11.6. The molecule has 21 heavy (non-hydrogen) atoms. The number of nitrogens with one attached hydrogen (secondary N) is 1. The minimum Gasteiger partial charge on any atom is -0.451 e. The third-order valence-corrected chi connectivity index (χ3v) is 2.79. The summed E-state index contributed by atoms with van der Waals surface area (Å²) in [5, 5.41) is 2.70. The predicted molar refractivity (Wildman–Crippen MR) is 77.7 cm³/mol. The van der Waals surface area contributed by atoms with E-state index < -0.39 is 5.97 Å². The highest BCUT2D eigenvalue weighted by molar-refractivity contribution is 5.89. The average molecular weight is 284 g/mol. The molecule has 0 saturated heterocycles. The van der Waals surface area contributed by atoms with Crippen LogP contribution in [0.5, 0.6) is 0 Å². The van der Waals surface area contributed by atoms with Gasteiger partial charge in [0.25, 0.3) is 5.91 Å². The molecule has 0 bridgehead atoms. The van der Waals surface area contributed by atoms with Gasteiger partial charge in [-0.1, -0.05) is 36.4 Å². The van der Waals surface area contributed by atoms with E-state index in [2.05, 4.69) is 10.3 Å². The van der Waals surface area contributed by atoms with Gasteiger partial charge in [0, 0.05) is 12.7 Å². The van der Waals surface area contributed by atoms with Crippen molar-refractivity contribution in [1.29, 1.82) is 0 Å². The molecule has 0 aliphatic rings. The van der Waals surface area contributed by atoms with Crippen LogP contribution in [0.4, 0.5) is 0 Å². The van der Waals surface area contributed by atoms with E-state index >= 15 is 0 Å². The third-order valence-electron chi connectivity index (χ3n) is 2.79. The summed E-state index contributed by atoms with van der Waals surface area (Å²) in [6.45, 7) is 0.203. The van der Waals surface area contributed by atoms with Gasteiger partial charge < -0.3 is 10.1 Å². The smallest absolute Gasteiger partial charge is 0.357 e. The van der Waals surface area contributed by atoms with Crippen molar-refractivity contribution < 1.29 is 14.3 Å². The Kier molecular flexibility index (Phi) is 5.46. The van der Waals surface area contributed by atoms with E-state index in [0.717, 1.165) is 12.0 Å². The topological polar surface area (TPSA) is 68.3 Å². The summed E-state index contributed by atoms with van der Waals surface area (Å²) in [5.41, 5.74) is 1.33. The Morgan fingerprint density at radius 3 is 2.52 bits per heavy atom. The van der Waals surface area contributed by atoms with Crippen LogP contribution in [0.1, 0.15) is 16.1 Å². The van der Waals surface area contributed by atoms with E-state index in [-0.39, 0.29) is 18.2 Å². The number of nitrogens with zero attached hydrogens (tertiary/aromatic N) is 1. The molecule has 1 N–H and O–H groups in total. The van der Waals surface area contributed by atoms with Crippen molar-refractivity contribution in [2.24, 2.45) is 0 Å². The fraction of sp³-hybridized carbons (Fsp3) is 0.188. The first-order chi connectivity index (χ1) is 10.3. The lowest BCUT2D eigenvalue weighted by molar-refractivity contribution is -0.124. The average Bonchev–Trinajstić information content (AvgIpc) is 2.54. The normalized spacial score (nSPS) is 9.90. The van der Waals surface area contributed by atoms with Crippen LogP contribution in [0.25, 0.3) is 0 Å². The first-order valence-electron chi connectivity index (χ1n) is 6.64. The predicted octanol–water partition coefficient (Wildman–Crippen LogP) is 1.60. The second-order valence-electron chi connectivity index (χ2n) is 4.38. The van der Waals surface area contributed by atoms with Crippen molar-refractivity contribution in [2.75, 3.05) is 13.2 Å². The number of carbonyl (C=O) groups excluding carboxylic acids is 2. The van der Waals surface area contributed by atoms with Crippen molar-refractivity contribution in [3.63, 3.8) is 0 Å². The molecule has 1 amide bonds. The summed E-state index contributed by atoms with van der Waals surface area (Å²) in [5.74, 6) is -0.927. The first-order valence-corrected chi connectivity index (χ1v) is 6.64. The monoisotopic (exact) mass is 284 g/mol. The third kappa shape index (κ3) is 5.06. The maximum Gasteiger partial charge on any atom is 0.357 e. The lowest BCUT2D eigenvalue weighted by Gasteiger charge is -2.06. The van der Waals surface area contributed by atoms with E-state index in [1.165, 1.54) is 12.3 Å². The van der Waals surface area contributed by atoms with Gasteiger partial charge in [-0.05, 0) is 24.1 Å². The maximum atomic E-state index is 11.6. The summed E-state index contributed by atoms with van der Waals surface area (Å²) in [7, 11) is 0. The molecule has 5 nitrogen and oxygen atoms in total. The molecule has 0 saturated carbocycles. The van der Waals surface area contributed by atoms with E-state index in [0.29, 0.717) is 6.54 Å². The summed E-state index contributed by atoms with van der Waals surface area (Å²) < 4.78 is 4.88. The quantitative estimate of drug-likeness (QED) is 0.818. The second-order valence-corrected chi connectivity index (χ2v) is 4.38. The molecule has 0 aliphatic heterocycles. The Labute approximate surface area is 123 Å².